The van der Waals surface area contributed by atoms with Crippen molar-refractivity contribution in [1.29, 1.82) is 0 Å². The molecule has 2 amide bonds. The van der Waals surface area contributed by atoms with Crippen LogP contribution < -0.4 is 10.1 Å². The van der Waals surface area contributed by atoms with Crippen LogP contribution in [0.25, 0.3) is 0 Å². The molecule has 0 saturated carbocycles. The van der Waals surface area contributed by atoms with Crippen molar-refractivity contribution in [1.82, 2.24) is 9.88 Å². The lowest BCUT2D eigenvalue weighted by Crippen LogP contribution is -2.41. The lowest BCUT2D eigenvalue weighted by molar-refractivity contribution is -0.136. The number of aryl methyl sites for hydroxylation is 2. The number of rotatable bonds is 10. The van der Waals surface area contributed by atoms with Crippen LogP contribution in [0.1, 0.15) is 17.0 Å². The van der Waals surface area contributed by atoms with E-state index in [2.05, 4.69) is 10.3 Å². The van der Waals surface area contributed by atoms with Crippen LogP contribution in [-0.2, 0) is 14.3 Å². The lowest BCUT2D eigenvalue weighted by Gasteiger charge is -2.22. The standard InChI is InChI=1S/C19H24ClN3O4S/c1-13-14(2)28-19(21-13)22-17(24)11-23(9-4-10-26-3)18(25)12-27-16-7-5-15(20)6-8-16/h5-8H,4,9-12H2,1-3H3,(H,21,22,24). The van der Waals surface area contributed by atoms with Gasteiger partial charge in [-0.1, -0.05) is 11.6 Å². The molecule has 0 bridgehead atoms. The van der Waals surface area contributed by atoms with Crippen LogP contribution in [0.5, 0.6) is 5.75 Å². The first-order chi connectivity index (χ1) is 13.4. The van der Waals surface area contributed by atoms with Crippen molar-refractivity contribution in [2.45, 2.75) is 20.3 Å². The second kappa shape index (κ2) is 11.0. The Balaban J connectivity index is 1.93. The number of benzene rings is 1. The summed E-state index contributed by atoms with van der Waals surface area (Å²) in [5.74, 6) is -0.0495. The van der Waals surface area contributed by atoms with Crippen LogP contribution in [0.15, 0.2) is 24.3 Å². The summed E-state index contributed by atoms with van der Waals surface area (Å²) < 4.78 is 10.5. The van der Waals surface area contributed by atoms with Gasteiger partial charge in [0.25, 0.3) is 5.91 Å². The number of carbonyl (C=O) groups is 2. The molecule has 1 aromatic heterocycles. The number of amides is 2. The first-order valence-electron chi connectivity index (χ1n) is 8.78. The minimum Gasteiger partial charge on any atom is -0.484 e. The molecule has 0 aliphatic heterocycles. The molecule has 0 spiro atoms. The highest BCUT2D eigenvalue weighted by Crippen LogP contribution is 2.21. The Labute approximate surface area is 173 Å². The van der Waals surface area contributed by atoms with Crippen LogP contribution in [0.4, 0.5) is 5.13 Å². The number of halogens is 1. The zero-order valence-corrected chi connectivity index (χ0v) is 17.7. The van der Waals surface area contributed by atoms with Crippen molar-refractivity contribution in [3.63, 3.8) is 0 Å². The van der Waals surface area contributed by atoms with E-state index < -0.39 is 0 Å². The minimum atomic E-state index is -0.300. The number of hydrogen-bond donors (Lipinski definition) is 1. The quantitative estimate of drug-likeness (QED) is 0.591. The van der Waals surface area contributed by atoms with Crippen molar-refractivity contribution >= 4 is 39.9 Å². The zero-order valence-electron chi connectivity index (χ0n) is 16.2. The highest BCUT2D eigenvalue weighted by Gasteiger charge is 2.19. The van der Waals surface area contributed by atoms with Crippen LogP contribution in [0.3, 0.4) is 0 Å². The third kappa shape index (κ3) is 7.10. The summed E-state index contributed by atoms with van der Waals surface area (Å²) in [6.45, 7) is 4.46. The molecule has 0 aliphatic carbocycles. The van der Waals surface area contributed by atoms with Gasteiger partial charge >= 0.3 is 0 Å². The largest absolute Gasteiger partial charge is 0.484 e. The number of aromatic nitrogens is 1. The van der Waals surface area contributed by atoms with Gasteiger partial charge in [-0.05, 0) is 44.5 Å². The van der Waals surface area contributed by atoms with Gasteiger partial charge in [0.1, 0.15) is 12.3 Å². The monoisotopic (exact) mass is 425 g/mol. The molecule has 0 aliphatic rings. The topological polar surface area (TPSA) is 80.8 Å². The SMILES string of the molecule is COCCCN(CC(=O)Nc1nc(C)c(C)s1)C(=O)COc1ccc(Cl)cc1. The third-order valence-electron chi connectivity index (χ3n) is 3.91. The average Bonchev–Trinajstić information content (AvgIpc) is 2.97. The number of hydrogen-bond acceptors (Lipinski definition) is 6. The molecule has 0 saturated heterocycles. The third-order valence-corrected chi connectivity index (χ3v) is 5.15. The van der Waals surface area contributed by atoms with Crippen molar-refractivity contribution in [3.05, 3.63) is 39.9 Å². The van der Waals surface area contributed by atoms with E-state index in [0.29, 0.717) is 35.5 Å². The Hall–Kier alpha value is -2.16. The van der Waals surface area contributed by atoms with E-state index in [9.17, 15) is 9.59 Å². The fraction of sp³-hybridized carbons (Fsp3) is 0.421. The van der Waals surface area contributed by atoms with Gasteiger partial charge in [-0.25, -0.2) is 4.98 Å². The number of anilines is 1. The molecule has 1 aromatic carbocycles. The Morgan fingerprint density at radius 2 is 1.96 bits per heavy atom. The Morgan fingerprint density at radius 1 is 1.25 bits per heavy atom. The number of ether oxygens (including phenoxy) is 2. The summed E-state index contributed by atoms with van der Waals surface area (Å²) >= 11 is 7.25. The van der Waals surface area contributed by atoms with E-state index in [1.165, 1.54) is 16.2 Å². The lowest BCUT2D eigenvalue weighted by atomic mass is 10.3. The van der Waals surface area contributed by atoms with Crippen LogP contribution in [0, 0.1) is 13.8 Å². The molecular weight excluding hydrogens is 402 g/mol. The smallest absolute Gasteiger partial charge is 0.260 e. The van der Waals surface area contributed by atoms with Crippen molar-refractivity contribution in [3.8, 4) is 5.75 Å². The predicted molar refractivity (Wildman–Crippen MR) is 110 cm³/mol. The van der Waals surface area contributed by atoms with Gasteiger partial charge in [-0.3, -0.25) is 9.59 Å². The van der Waals surface area contributed by atoms with Crippen molar-refractivity contribution in [2.24, 2.45) is 0 Å². The summed E-state index contributed by atoms with van der Waals surface area (Å²) in [7, 11) is 1.59. The van der Waals surface area contributed by atoms with Gasteiger partial charge in [-0.15, -0.1) is 11.3 Å². The number of thiazole rings is 1. The molecule has 2 rings (SSSR count). The van der Waals surface area contributed by atoms with Gasteiger partial charge in [0, 0.05) is 30.2 Å². The first-order valence-corrected chi connectivity index (χ1v) is 9.97. The van der Waals surface area contributed by atoms with Gasteiger partial charge in [0.05, 0.1) is 5.69 Å². The van der Waals surface area contributed by atoms with Gasteiger partial charge in [-0.2, -0.15) is 0 Å². The van der Waals surface area contributed by atoms with Gasteiger partial charge < -0.3 is 19.7 Å². The number of carbonyl (C=O) groups excluding carboxylic acids is 2. The van der Waals surface area contributed by atoms with Crippen LogP contribution in [0.2, 0.25) is 5.02 Å². The van der Waals surface area contributed by atoms with Crippen molar-refractivity contribution in [2.75, 3.05) is 38.7 Å². The summed E-state index contributed by atoms with van der Waals surface area (Å²) in [5, 5.41) is 3.86. The second-order valence-electron chi connectivity index (χ2n) is 6.11. The minimum absolute atomic E-state index is 0.0792. The molecule has 1 N–H and O–H groups in total. The van der Waals surface area contributed by atoms with E-state index in [0.717, 1.165) is 10.6 Å². The van der Waals surface area contributed by atoms with E-state index in [-0.39, 0.29) is 25.0 Å². The summed E-state index contributed by atoms with van der Waals surface area (Å²) in [5.41, 5.74) is 0.879. The molecule has 28 heavy (non-hydrogen) atoms. The van der Waals surface area contributed by atoms with Gasteiger partial charge in [0.2, 0.25) is 5.91 Å². The molecule has 1 heterocycles. The highest BCUT2D eigenvalue weighted by atomic mass is 35.5. The summed E-state index contributed by atoms with van der Waals surface area (Å²) in [6.07, 6.45) is 0.617. The molecule has 9 heteroatoms. The zero-order chi connectivity index (χ0) is 20.5. The Bertz CT molecular complexity index is 775. The molecule has 0 radical (unpaired) electrons. The maximum Gasteiger partial charge on any atom is 0.260 e. The van der Waals surface area contributed by atoms with E-state index >= 15 is 0 Å². The van der Waals surface area contributed by atoms with Gasteiger partial charge in [0.15, 0.2) is 11.7 Å². The highest BCUT2D eigenvalue weighted by molar-refractivity contribution is 7.15. The number of nitrogens with one attached hydrogen (secondary N) is 1. The van der Waals surface area contributed by atoms with Crippen LogP contribution >= 0.6 is 22.9 Å². The van der Waals surface area contributed by atoms with E-state index in [4.69, 9.17) is 21.1 Å². The first kappa shape index (κ1) is 22.1. The number of methoxy groups -OCH3 is 1. The number of nitrogens with zero attached hydrogens (tertiary/aromatic N) is 2. The van der Waals surface area contributed by atoms with E-state index in [1.54, 1.807) is 31.4 Å². The molecule has 152 valence electrons. The molecule has 2 aromatic rings. The normalized spacial score (nSPS) is 10.6. The molecular formula is C19H24ClN3O4S. The molecule has 0 atom stereocenters. The van der Waals surface area contributed by atoms with Crippen molar-refractivity contribution < 1.29 is 19.1 Å². The Morgan fingerprint density at radius 3 is 2.57 bits per heavy atom. The van der Waals surface area contributed by atoms with Crippen LogP contribution in [-0.4, -0.2) is 55.1 Å². The predicted octanol–water partition coefficient (Wildman–Crippen LogP) is 3.30. The molecule has 0 fully saturated rings. The average molecular weight is 426 g/mol. The second-order valence-corrected chi connectivity index (χ2v) is 7.75. The Kier molecular flexibility index (Phi) is 8.69. The van der Waals surface area contributed by atoms with E-state index in [1.807, 2.05) is 13.8 Å². The summed E-state index contributed by atoms with van der Waals surface area (Å²) in [4.78, 5) is 31.7. The summed E-state index contributed by atoms with van der Waals surface area (Å²) in [6, 6.07) is 6.74. The fourth-order valence-corrected chi connectivity index (χ4v) is 3.27. The molecule has 0 unspecified atom stereocenters. The maximum atomic E-state index is 12.6. The molecule has 7 nitrogen and oxygen atoms in total. The maximum absolute atomic E-state index is 12.6. The fourth-order valence-electron chi connectivity index (χ4n) is 2.32.